The first-order valence-corrected chi connectivity index (χ1v) is 33.5. The Morgan fingerprint density at radius 2 is 0.573 bits per heavy atom. The molecule has 0 fully saturated rings. The fraction of sp³-hybridized carbons (Fsp3) is 0.333. The van der Waals surface area contributed by atoms with Gasteiger partial charge >= 0.3 is 0 Å². The highest BCUT2D eigenvalue weighted by molar-refractivity contribution is 5.85. The van der Waals surface area contributed by atoms with E-state index >= 15 is 0 Å². The van der Waals surface area contributed by atoms with Gasteiger partial charge in [0.2, 0.25) is 0 Å². The summed E-state index contributed by atoms with van der Waals surface area (Å²) in [5.74, 6) is 0. The van der Waals surface area contributed by atoms with Crippen LogP contribution in [0.25, 0.3) is 0 Å². The number of anilines is 10. The summed E-state index contributed by atoms with van der Waals surface area (Å²) in [6, 6.07) is 64.7. The van der Waals surface area contributed by atoms with Crippen molar-refractivity contribution in [1.29, 1.82) is 0 Å². The molecule has 0 saturated heterocycles. The van der Waals surface area contributed by atoms with E-state index in [-0.39, 0.29) is 18.5 Å². The topological polar surface area (TPSA) is 38.9 Å². The number of hydrogen-bond acceptors (Lipinski definition) is 12. The van der Waals surface area contributed by atoms with Crippen molar-refractivity contribution in [3.8, 4) is 0 Å². The molecule has 1 unspecified atom stereocenters. The van der Waals surface area contributed by atoms with E-state index in [9.17, 15) is 0 Å². The van der Waals surface area contributed by atoms with Gasteiger partial charge in [-0.1, -0.05) is 133 Å². The van der Waals surface area contributed by atoms with Crippen molar-refractivity contribution in [1.82, 2.24) is 19.6 Å². The van der Waals surface area contributed by atoms with Crippen LogP contribution in [0.3, 0.4) is 0 Å². The van der Waals surface area contributed by atoms with Crippen LogP contribution in [-0.4, -0.2) is 96.7 Å². The molecule has 0 aromatic heterocycles. The van der Waals surface area contributed by atoms with Gasteiger partial charge in [0.25, 0.3) is 0 Å². The largest absolute Gasteiger partial charge is 0.359 e. The third kappa shape index (κ3) is 15.5. The zero-order valence-corrected chi connectivity index (χ0v) is 59.5. The minimum atomic E-state index is -2.37. The molecule has 0 saturated carbocycles. The Kier molecular flexibility index (Phi) is 19.1. The third-order valence-electron chi connectivity index (χ3n) is 19.0. The van der Waals surface area contributed by atoms with Crippen molar-refractivity contribution in [2.24, 2.45) is 0 Å². The maximum Gasteiger partial charge on any atom is 0.103 e. The molecule has 0 N–H and O–H groups in total. The molecule has 8 aromatic rings. The van der Waals surface area contributed by atoms with Gasteiger partial charge in [0.05, 0.1) is 24.1 Å². The smallest absolute Gasteiger partial charge is 0.103 e. The minimum Gasteiger partial charge on any atom is -0.359 e. The lowest BCUT2D eigenvalue weighted by molar-refractivity contribution is 0.263. The number of nitrogens with zero attached hydrogens (tertiary/aromatic N) is 12. The summed E-state index contributed by atoms with van der Waals surface area (Å²) in [7, 11) is 4.25. The number of rotatable bonds is 8. The van der Waals surface area contributed by atoms with E-state index in [1.165, 1.54) is 61.9 Å². The predicted molar refractivity (Wildman–Crippen MR) is 414 cm³/mol. The van der Waals surface area contributed by atoms with E-state index < -0.39 is 26.8 Å². The Morgan fingerprint density at radius 1 is 0.292 bits per heavy atom. The summed E-state index contributed by atoms with van der Waals surface area (Å²) < 4.78 is 76.7. The van der Waals surface area contributed by atoms with Crippen molar-refractivity contribution in [2.75, 3.05) is 67.2 Å². The molecule has 0 amide bonds. The van der Waals surface area contributed by atoms with Crippen molar-refractivity contribution in [2.45, 2.75) is 160 Å². The van der Waals surface area contributed by atoms with Crippen LogP contribution in [-0.2, 0) is 0 Å². The zero-order chi connectivity index (χ0) is 77.5. The molecule has 0 aliphatic carbocycles. The lowest BCUT2D eigenvalue weighted by Gasteiger charge is -2.33. The molecule has 504 valence electrons. The van der Waals surface area contributed by atoms with E-state index in [1.807, 2.05) is 161 Å². The molecular weight excluding hydrogens is 1180 g/mol. The van der Waals surface area contributed by atoms with Crippen LogP contribution in [0.2, 0.25) is 0 Å². The van der Waals surface area contributed by atoms with Gasteiger partial charge in [0.1, 0.15) is 37.0 Å². The van der Waals surface area contributed by atoms with Gasteiger partial charge in [0.15, 0.2) is 0 Å². The fourth-order valence-electron chi connectivity index (χ4n) is 13.0. The molecule has 6 heterocycles. The Labute approximate surface area is 591 Å². The first-order chi connectivity index (χ1) is 50.0. The number of benzene rings is 8. The van der Waals surface area contributed by atoms with Crippen LogP contribution >= 0.6 is 0 Å². The third-order valence-corrected chi connectivity index (χ3v) is 19.0. The molecule has 6 aliphatic heterocycles. The second-order valence-electron chi connectivity index (χ2n) is 25.6. The summed E-state index contributed by atoms with van der Waals surface area (Å²) in [5, 5.41) is 0. The number of fused-ring (bicyclic) bond motifs is 2. The van der Waals surface area contributed by atoms with E-state index in [0.29, 0.717) is 24.5 Å². The molecule has 14 rings (SSSR count). The van der Waals surface area contributed by atoms with E-state index in [2.05, 4.69) is 226 Å². The Morgan fingerprint density at radius 3 is 0.896 bits per heavy atom. The van der Waals surface area contributed by atoms with Crippen molar-refractivity contribution in [3.05, 3.63) is 277 Å². The maximum atomic E-state index is 8.20. The number of aryl methyl sites for hydroxylation is 6. The number of para-hydroxylation sites is 10. The Balaban J connectivity index is 0.000000148. The van der Waals surface area contributed by atoms with Gasteiger partial charge in [-0.3, -0.25) is 0 Å². The molecule has 0 radical (unpaired) electrons. The Hall–Kier alpha value is -9.68. The van der Waals surface area contributed by atoms with Gasteiger partial charge < -0.3 is 58.8 Å². The molecule has 7 atom stereocenters. The first-order valence-electron chi connectivity index (χ1n) is 38.5. The van der Waals surface area contributed by atoms with Crippen LogP contribution < -0.4 is 39.2 Å². The second kappa shape index (κ2) is 31.7. The predicted octanol–water partition coefficient (Wildman–Crippen LogP) is 19.7. The lowest BCUT2D eigenvalue weighted by atomic mass is 10.1. The standard InChI is InChI=1S/2C16H18N2.2C14H20N2.2C12H16N2/c2*1-12-8-4-5-9-14(12)18-13(2)17(3)15-10-6-7-11-16(15)18;2*1-11(2)15-9-10-16(13(15)4)14-8-6-5-7-12(14)3;2*1-10-6-4-5-7-12(10)14-9-8-13(3)11(14)2/h2*4-11,13H,1-3H3;2*5-11,13H,1-4H3;2*4-9,11H,1-3H3/t4*13-;2*11-/m000000/s1/i3D3;;1D3,11D;;3D3;/tm;;11?,13-;;m;. The quantitative estimate of drug-likeness (QED) is 0.146. The van der Waals surface area contributed by atoms with Gasteiger partial charge in [-0.25, -0.2) is 0 Å². The van der Waals surface area contributed by atoms with Gasteiger partial charge in [0, 0.05) is 136 Å². The van der Waals surface area contributed by atoms with Gasteiger partial charge in [-0.05, 0) is 205 Å². The van der Waals surface area contributed by atoms with Crippen molar-refractivity contribution in [3.63, 3.8) is 0 Å². The monoisotopic (exact) mass is 1290 g/mol. The molecule has 6 aliphatic rings. The molecule has 8 aromatic carbocycles. The zero-order valence-electron chi connectivity index (χ0n) is 69.5. The summed E-state index contributed by atoms with van der Waals surface area (Å²) in [6.07, 6.45) is 16.1. The fourth-order valence-corrected chi connectivity index (χ4v) is 13.0. The molecule has 0 bridgehead atoms. The van der Waals surface area contributed by atoms with Crippen LogP contribution in [0.5, 0.6) is 0 Å². The molecule has 12 heteroatoms. The van der Waals surface area contributed by atoms with Crippen LogP contribution in [0.4, 0.5) is 56.9 Å². The summed E-state index contributed by atoms with van der Waals surface area (Å²) in [4.78, 5) is 24.4. The normalized spacial score (nSPS) is 22.0. The van der Waals surface area contributed by atoms with E-state index in [4.69, 9.17) is 13.7 Å². The van der Waals surface area contributed by atoms with Gasteiger partial charge in [-0.15, -0.1) is 0 Å². The Bertz CT molecular complexity index is 4380. The van der Waals surface area contributed by atoms with Crippen LogP contribution in [0, 0.1) is 41.5 Å². The molecule has 96 heavy (non-hydrogen) atoms. The van der Waals surface area contributed by atoms with Crippen LogP contribution in [0.15, 0.2) is 244 Å². The van der Waals surface area contributed by atoms with Gasteiger partial charge in [-0.2, -0.15) is 0 Å². The average molecular weight is 1300 g/mol. The second-order valence-corrected chi connectivity index (χ2v) is 25.6. The summed E-state index contributed by atoms with van der Waals surface area (Å²) in [6.45, 7) is 24.2. The highest BCUT2D eigenvalue weighted by atomic mass is 15.4. The maximum absolute atomic E-state index is 8.20. The van der Waals surface area contributed by atoms with E-state index in [1.54, 1.807) is 17.3 Å². The summed E-state index contributed by atoms with van der Waals surface area (Å²) in [5.41, 5.74) is 18.6. The lowest BCUT2D eigenvalue weighted by Crippen LogP contribution is -2.39. The number of hydrogen-bond donors (Lipinski definition) is 0. The van der Waals surface area contributed by atoms with Crippen molar-refractivity contribution >= 4 is 56.9 Å². The molecule has 12 nitrogen and oxygen atoms in total. The highest BCUT2D eigenvalue weighted by Gasteiger charge is 2.34. The summed E-state index contributed by atoms with van der Waals surface area (Å²) >= 11 is 0. The van der Waals surface area contributed by atoms with Crippen molar-refractivity contribution < 1.29 is 13.7 Å². The minimum absolute atomic E-state index is 0.191. The average Bonchev–Trinajstić information content (AvgIpc) is 1.60. The van der Waals surface area contributed by atoms with Crippen LogP contribution in [0.1, 0.15) is 116 Å². The van der Waals surface area contributed by atoms with E-state index in [0.717, 1.165) is 45.1 Å². The highest BCUT2D eigenvalue weighted by Crippen LogP contribution is 2.45. The molecule has 0 spiro atoms. The SMILES string of the molecule is Cc1ccccc1N1C=CN(C(C)C)[C@@H]1C.Cc1ccccc1N1C=CN(C)[C@@H]1C.Cc1ccccc1N1c2ccccc2N(C)[C@@H]1C.[2H]C([2H])([2H])C([2H])(C)N1C=CN(c2ccccc2C)[C@H]1C.[2H]C([2H])([2H])N1C=CN(c2ccccc2C)[C@H]1C.[2H]C([2H])([2H])N1c2ccccc2N(c2ccccc2C)[C@H]1C. The molecular formula is C84H108N12. The first kappa shape index (κ1) is 57.7.